The van der Waals surface area contributed by atoms with Crippen molar-refractivity contribution in [3.63, 3.8) is 0 Å². The van der Waals surface area contributed by atoms with Crippen molar-refractivity contribution in [2.45, 2.75) is 286 Å². The summed E-state index contributed by atoms with van der Waals surface area (Å²) in [7, 11) is 0. The third-order valence-corrected chi connectivity index (χ3v) is 23.4. The molecule has 0 aromatic carbocycles. The number of aliphatic hydroxyl groups is 15. The standard InChI is InChI=1S/C60H98O26/c1-24-34(63)38(67)43(72)50(78-24)84-47-29(22-62)81-49(46(75)42(47)71)77-23-30-37(66)40(69)45(74)52(82-30)86-54(76)60-18-16-55(3,4)20-27(60)26-10-11-32-57(7)14-13-33(56(5,6)31(57)12-15-59(32,9)58(26,8)17-19-60)83-53-48(41(70)36(65)28(21-61)80-53)85-51-44(73)39(68)35(64)25(2)79-51/h10,24-25,27-53,61-75H,11-23H2,1-9H3/t24-,25-,27?,28+,29+,30+,31?,32+,33-,34-,35-,36+,37+,38+,39+,40-,41-,42+,43+,44+,45+,46+,47+,48+,49+,50-,51-,52-,53-,57-,58+,59+,60-/m0/s1. The minimum absolute atomic E-state index is 0.112. The number of allylic oxidation sites excluding steroid dienone is 2. The van der Waals surface area contributed by atoms with Crippen LogP contribution in [0, 0.1) is 50.2 Å². The molecule has 86 heavy (non-hydrogen) atoms. The van der Waals surface area contributed by atoms with Crippen LogP contribution in [0.4, 0.5) is 0 Å². The van der Waals surface area contributed by atoms with Crippen LogP contribution >= 0.6 is 0 Å². The lowest BCUT2D eigenvalue weighted by Gasteiger charge is -2.71. The number of ether oxygens (including phenoxy) is 10. The smallest absolute Gasteiger partial charge is 0.315 e. The average Bonchev–Trinajstić information content (AvgIpc) is 0.717. The zero-order valence-electron chi connectivity index (χ0n) is 50.7. The van der Waals surface area contributed by atoms with E-state index in [1.165, 1.54) is 19.4 Å². The van der Waals surface area contributed by atoms with Gasteiger partial charge in [-0.2, -0.15) is 0 Å². The highest BCUT2D eigenvalue weighted by Gasteiger charge is 2.70. The molecular formula is C60H98O26. The van der Waals surface area contributed by atoms with Gasteiger partial charge >= 0.3 is 5.97 Å². The lowest BCUT2D eigenvalue weighted by Crippen LogP contribution is -2.67. The maximum Gasteiger partial charge on any atom is 0.315 e. The number of carbonyl (C=O) groups is 1. The number of fused-ring (bicyclic) bond motifs is 7. The van der Waals surface area contributed by atoms with Crippen LogP contribution in [0.1, 0.15) is 127 Å². The van der Waals surface area contributed by atoms with E-state index in [2.05, 4.69) is 54.5 Å². The van der Waals surface area contributed by atoms with Gasteiger partial charge < -0.3 is 124 Å². The van der Waals surface area contributed by atoms with E-state index in [0.717, 1.165) is 25.7 Å². The summed E-state index contributed by atoms with van der Waals surface area (Å²) in [6.45, 7) is 16.7. The van der Waals surface area contributed by atoms with E-state index in [9.17, 15) is 76.6 Å². The fourth-order valence-corrected chi connectivity index (χ4v) is 17.8. The van der Waals surface area contributed by atoms with E-state index in [1.807, 2.05) is 0 Å². The molecule has 0 amide bonds. The van der Waals surface area contributed by atoms with Crippen molar-refractivity contribution in [3.8, 4) is 0 Å². The molecule has 10 rings (SSSR count). The molecule has 26 heteroatoms. The van der Waals surface area contributed by atoms with Gasteiger partial charge in [-0.25, -0.2) is 0 Å². The van der Waals surface area contributed by atoms with E-state index in [4.69, 9.17) is 47.4 Å². The molecule has 0 aromatic rings. The molecule has 10 aliphatic rings. The van der Waals surface area contributed by atoms with Crippen molar-refractivity contribution in [1.82, 2.24) is 0 Å². The molecule has 5 aliphatic carbocycles. The summed E-state index contributed by atoms with van der Waals surface area (Å²) in [5, 5.41) is 162. The van der Waals surface area contributed by atoms with Gasteiger partial charge in [0, 0.05) is 0 Å². The maximum atomic E-state index is 15.3. The summed E-state index contributed by atoms with van der Waals surface area (Å²) < 4.78 is 59.8. The van der Waals surface area contributed by atoms with Gasteiger partial charge in [0.2, 0.25) is 6.29 Å². The zero-order valence-corrected chi connectivity index (χ0v) is 50.7. The average molecular weight is 1240 g/mol. The molecule has 0 spiro atoms. The van der Waals surface area contributed by atoms with Crippen LogP contribution < -0.4 is 0 Å². The van der Waals surface area contributed by atoms with Crippen LogP contribution in [0.2, 0.25) is 0 Å². The van der Waals surface area contributed by atoms with E-state index < -0.39 is 196 Å². The summed E-state index contributed by atoms with van der Waals surface area (Å²) in [5.41, 5.74) is -1.36. The minimum Gasteiger partial charge on any atom is -0.432 e. The predicted molar refractivity (Wildman–Crippen MR) is 293 cm³/mol. The molecule has 494 valence electrons. The molecular weight excluding hydrogens is 1140 g/mol. The number of rotatable bonds is 13. The van der Waals surface area contributed by atoms with E-state index in [1.54, 1.807) is 0 Å². The second-order valence-corrected chi connectivity index (χ2v) is 29.1. The summed E-state index contributed by atoms with van der Waals surface area (Å²) >= 11 is 0. The molecule has 4 saturated carbocycles. The van der Waals surface area contributed by atoms with E-state index in [-0.39, 0.29) is 39.4 Å². The number of hydrogen-bond acceptors (Lipinski definition) is 26. The largest absolute Gasteiger partial charge is 0.432 e. The van der Waals surface area contributed by atoms with E-state index in [0.29, 0.717) is 38.5 Å². The first-order valence-corrected chi connectivity index (χ1v) is 31.1. The lowest BCUT2D eigenvalue weighted by molar-refractivity contribution is -0.376. The minimum atomic E-state index is -1.90. The van der Waals surface area contributed by atoms with Gasteiger partial charge in [0.1, 0.15) is 110 Å². The zero-order chi connectivity index (χ0) is 62.9. The second-order valence-electron chi connectivity index (χ2n) is 29.1. The Morgan fingerprint density at radius 3 is 1.65 bits per heavy atom. The molecule has 15 N–H and O–H groups in total. The number of carbonyl (C=O) groups excluding carboxylic acids is 1. The second kappa shape index (κ2) is 24.6. The molecule has 0 radical (unpaired) electrons. The van der Waals surface area contributed by atoms with Gasteiger partial charge in [0.25, 0.3) is 0 Å². The molecule has 0 aromatic heterocycles. The summed E-state index contributed by atoms with van der Waals surface area (Å²) in [6.07, 6.45) is -30.7. The fraction of sp³-hybridized carbons (Fsp3) is 0.950. The van der Waals surface area contributed by atoms with Gasteiger partial charge in [-0.3, -0.25) is 4.79 Å². The molecule has 0 bridgehead atoms. The Bertz CT molecular complexity index is 2400. The summed E-state index contributed by atoms with van der Waals surface area (Å²) in [6, 6.07) is 0. The van der Waals surface area contributed by atoms with Gasteiger partial charge in [0.05, 0.1) is 43.5 Å². The fourth-order valence-electron chi connectivity index (χ4n) is 17.8. The lowest BCUT2D eigenvalue weighted by atomic mass is 9.33. The van der Waals surface area contributed by atoms with Gasteiger partial charge in [-0.1, -0.05) is 60.1 Å². The Hall–Kier alpha value is -1.75. The first-order valence-electron chi connectivity index (χ1n) is 31.1. The van der Waals surface area contributed by atoms with Crippen LogP contribution in [0.15, 0.2) is 11.6 Å². The Kier molecular flexibility index (Phi) is 19.2. The van der Waals surface area contributed by atoms with Crippen LogP contribution in [0.25, 0.3) is 0 Å². The normalized spacial score (nSPS) is 54.5. The first-order chi connectivity index (χ1) is 40.2. The molecule has 33 atom stereocenters. The molecule has 5 aliphatic heterocycles. The van der Waals surface area contributed by atoms with Crippen LogP contribution in [-0.4, -0.2) is 262 Å². The predicted octanol–water partition coefficient (Wildman–Crippen LogP) is -2.16. The quantitative estimate of drug-likeness (QED) is 0.0531. The third kappa shape index (κ3) is 11.2. The molecule has 5 heterocycles. The SMILES string of the molecule is C[C@@H]1O[C@@H](O[C@H]2[C@H](O[C@H]3CC[C@@]4(C)C(CC[C@]5(C)[C@@H]4CC=C4C6CC(C)(C)CC[C@]6(C(=O)O[C@@H]6O[C@H](CO[C@@H]7O[C@H](CO)[C@@H](O[C@@H]8O[C@@H](C)[C@H](O)[C@@H](O)[C@H]8O)[C@H](O)[C@H]7O)[C@@H](O)[C@H](O)[C@H]6O)CC[C@]45C)C3(C)C)O[C@H](CO)[C@@H](O)[C@@H]2O)[C@H](O)[C@H](O)[C@H]1O. The van der Waals surface area contributed by atoms with Crippen LogP contribution in [0.3, 0.4) is 0 Å². The third-order valence-electron chi connectivity index (χ3n) is 23.4. The Balaban J connectivity index is 0.832. The highest BCUT2D eigenvalue weighted by Crippen LogP contribution is 2.76. The molecule has 9 fully saturated rings. The molecule has 5 saturated heterocycles. The highest BCUT2D eigenvalue weighted by atomic mass is 16.8. The van der Waals surface area contributed by atoms with Crippen LogP contribution in [-0.2, 0) is 52.2 Å². The molecule has 26 nitrogen and oxygen atoms in total. The Morgan fingerprint density at radius 1 is 0.512 bits per heavy atom. The first kappa shape index (κ1) is 67.1. The van der Waals surface area contributed by atoms with Gasteiger partial charge in [-0.15, -0.1) is 0 Å². The van der Waals surface area contributed by atoms with Crippen molar-refractivity contribution in [1.29, 1.82) is 0 Å². The summed E-state index contributed by atoms with van der Waals surface area (Å²) in [5.74, 6) is -0.578. The monoisotopic (exact) mass is 1230 g/mol. The van der Waals surface area contributed by atoms with E-state index >= 15 is 4.79 Å². The van der Waals surface area contributed by atoms with Crippen molar-refractivity contribution >= 4 is 5.97 Å². The summed E-state index contributed by atoms with van der Waals surface area (Å²) in [4.78, 5) is 15.3. The maximum absolute atomic E-state index is 15.3. The van der Waals surface area contributed by atoms with Crippen LogP contribution in [0.5, 0.6) is 0 Å². The van der Waals surface area contributed by atoms with Gasteiger partial charge in [-0.05, 0) is 123 Å². The molecule has 2 unspecified atom stereocenters. The number of hydrogen-bond donors (Lipinski definition) is 15. The van der Waals surface area contributed by atoms with Crippen molar-refractivity contribution in [2.75, 3.05) is 19.8 Å². The Labute approximate surface area is 501 Å². The van der Waals surface area contributed by atoms with Crippen molar-refractivity contribution < 1.29 is 129 Å². The Morgan fingerprint density at radius 2 is 1.03 bits per heavy atom. The topological polar surface area (TPSA) is 413 Å². The van der Waals surface area contributed by atoms with Crippen molar-refractivity contribution in [2.24, 2.45) is 50.2 Å². The number of esters is 1. The van der Waals surface area contributed by atoms with Gasteiger partial charge in [0.15, 0.2) is 25.2 Å². The number of aliphatic hydroxyl groups excluding tert-OH is 15. The van der Waals surface area contributed by atoms with Crippen molar-refractivity contribution in [3.05, 3.63) is 11.6 Å². The highest BCUT2D eigenvalue weighted by molar-refractivity contribution is 5.79.